The number of nitrogens with zero attached hydrogens (tertiary/aromatic N) is 2. The summed E-state index contributed by atoms with van der Waals surface area (Å²) in [5.41, 5.74) is 3.60. The first kappa shape index (κ1) is 19.1. The van der Waals surface area contributed by atoms with Gasteiger partial charge in [-0.25, -0.2) is 0 Å². The predicted octanol–water partition coefficient (Wildman–Crippen LogP) is 3.73. The Kier molecular flexibility index (Phi) is 6.23. The van der Waals surface area contributed by atoms with E-state index < -0.39 is 0 Å². The van der Waals surface area contributed by atoms with Crippen LogP contribution in [0.2, 0.25) is 0 Å². The second kappa shape index (κ2) is 8.81. The van der Waals surface area contributed by atoms with Crippen LogP contribution in [0.15, 0.2) is 42.5 Å². The van der Waals surface area contributed by atoms with Gasteiger partial charge in [-0.05, 0) is 55.6 Å². The number of methoxy groups -OCH3 is 1. The molecule has 0 aromatic heterocycles. The van der Waals surface area contributed by atoms with Crippen LogP contribution in [0.4, 0.5) is 5.69 Å². The molecule has 27 heavy (non-hydrogen) atoms. The molecule has 1 aliphatic rings. The molecule has 1 heterocycles. The fraction of sp³-hybridized carbons (Fsp3) is 0.364. The molecule has 5 nitrogen and oxygen atoms in total. The lowest BCUT2D eigenvalue weighted by Crippen LogP contribution is -2.32. The summed E-state index contributed by atoms with van der Waals surface area (Å²) >= 11 is 0. The van der Waals surface area contributed by atoms with Crippen LogP contribution in [-0.2, 0) is 11.3 Å². The van der Waals surface area contributed by atoms with Crippen LogP contribution in [0.5, 0.6) is 0 Å². The van der Waals surface area contributed by atoms with E-state index in [2.05, 4.69) is 16.3 Å². The zero-order valence-electron chi connectivity index (χ0n) is 15.9. The molecule has 1 saturated heterocycles. The normalized spacial score (nSPS) is 16.9. The quantitative estimate of drug-likeness (QED) is 0.849. The Hall–Kier alpha value is -2.68. The molecule has 0 saturated carbocycles. The van der Waals surface area contributed by atoms with Gasteiger partial charge < -0.3 is 10.1 Å². The van der Waals surface area contributed by atoms with E-state index in [4.69, 9.17) is 4.74 Å². The van der Waals surface area contributed by atoms with E-state index in [9.17, 15) is 10.1 Å². The van der Waals surface area contributed by atoms with Crippen LogP contribution in [0.3, 0.4) is 0 Å². The summed E-state index contributed by atoms with van der Waals surface area (Å²) in [6.45, 7) is 4.47. The van der Waals surface area contributed by atoms with Crippen LogP contribution < -0.4 is 5.32 Å². The summed E-state index contributed by atoms with van der Waals surface area (Å²) in [6.07, 6.45) is 2.33. The number of rotatable bonds is 6. The fourth-order valence-corrected chi connectivity index (χ4v) is 3.64. The predicted molar refractivity (Wildman–Crippen MR) is 106 cm³/mol. The van der Waals surface area contributed by atoms with Crippen molar-refractivity contribution in [2.75, 3.05) is 25.6 Å². The Bertz CT molecular complexity index is 857. The first-order chi connectivity index (χ1) is 13.1. The molecule has 1 fully saturated rings. The van der Waals surface area contributed by atoms with Gasteiger partial charge in [-0.3, -0.25) is 9.69 Å². The molecular weight excluding hydrogens is 338 g/mol. The molecule has 1 aliphatic heterocycles. The number of benzene rings is 2. The van der Waals surface area contributed by atoms with Gasteiger partial charge in [0.2, 0.25) is 0 Å². The van der Waals surface area contributed by atoms with Gasteiger partial charge in [-0.15, -0.1) is 0 Å². The smallest absolute Gasteiger partial charge is 0.255 e. The zero-order chi connectivity index (χ0) is 19.2. The molecule has 1 atom stereocenters. The van der Waals surface area contributed by atoms with Gasteiger partial charge in [0, 0.05) is 25.3 Å². The topological polar surface area (TPSA) is 65.4 Å². The summed E-state index contributed by atoms with van der Waals surface area (Å²) in [4.78, 5) is 15.1. The number of carbonyl (C=O) groups is 1. The molecule has 1 amide bonds. The van der Waals surface area contributed by atoms with E-state index in [1.807, 2.05) is 37.3 Å². The van der Waals surface area contributed by atoms with Crippen molar-refractivity contribution in [2.45, 2.75) is 32.4 Å². The molecule has 3 rings (SSSR count). The molecule has 0 spiro atoms. The molecule has 0 radical (unpaired) electrons. The molecule has 5 heteroatoms. The second-order valence-corrected chi connectivity index (χ2v) is 6.99. The molecule has 0 aliphatic carbocycles. The zero-order valence-corrected chi connectivity index (χ0v) is 15.9. The number of likely N-dealkylation sites (tertiary alicyclic amines) is 1. The number of hydrogen-bond donors (Lipinski definition) is 1. The van der Waals surface area contributed by atoms with Crippen molar-refractivity contribution in [3.63, 3.8) is 0 Å². The van der Waals surface area contributed by atoms with E-state index >= 15 is 0 Å². The Morgan fingerprint density at radius 1 is 1.33 bits per heavy atom. The standard InChI is InChI=1S/C22H25N3O2/c1-16-6-3-10-21(20(16)13-23)24-22(26)18-8-4-7-17(12-18)14-25-11-5-9-19(25)15-27-2/h3-4,6-8,10,12,19H,5,9,11,14-15H2,1-2H3,(H,24,26)/t19-/m1/s1. The number of anilines is 1. The van der Waals surface area contributed by atoms with E-state index in [0.29, 0.717) is 22.9 Å². The minimum Gasteiger partial charge on any atom is -0.383 e. The van der Waals surface area contributed by atoms with Crippen molar-refractivity contribution in [3.8, 4) is 6.07 Å². The maximum Gasteiger partial charge on any atom is 0.255 e. The molecule has 0 unspecified atom stereocenters. The Morgan fingerprint density at radius 2 is 2.15 bits per heavy atom. The number of carbonyl (C=O) groups excluding carboxylic acids is 1. The first-order valence-corrected chi connectivity index (χ1v) is 9.25. The summed E-state index contributed by atoms with van der Waals surface area (Å²) in [6, 6.07) is 15.8. The highest BCUT2D eigenvalue weighted by Gasteiger charge is 2.24. The van der Waals surface area contributed by atoms with Gasteiger partial charge in [0.1, 0.15) is 6.07 Å². The Morgan fingerprint density at radius 3 is 2.93 bits per heavy atom. The molecule has 2 aromatic rings. The first-order valence-electron chi connectivity index (χ1n) is 9.25. The van der Waals surface area contributed by atoms with Gasteiger partial charge >= 0.3 is 0 Å². The van der Waals surface area contributed by atoms with Gasteiger partial charge in [-0.1, -0.05) is 24.3 Å². The minimum absolute atomic E-state index is 0.200. The lowest BCUT2D eigenvalue weighted by atomic mass is 10.1. The van der Waals surface area contributed by atoms with E-state index in [0.717, 1.165) is 37.2 Å². The third-order valence-corrected chi connectivity index (χ3v) is 5.07. The van der Waals surface area contributed by atoms with E-state index in [-0.39, 0.29) is 5.91 Å². The van der Waals surface area contributed by atoms with Crippen molar-refractivity contribution >= 4 is 11.6 Å². The molecule has 1 N–H and O–H groups in total. The molecule has 0 bridgehead atoms. The number of aryl methyl sites for hydroxylation is 1. The molecular formula is C22H25N3O2. The average molecular weight is 363 g/mol. The minimum atomic E-state index is -0.200. The molecule has 2 aromatic carbocycles. The number of ether oxygens (including phenoxy) is 1. The average Bonchev–Trinajstić information content (AvgIpc) is 3.09. The summed E-state index contributed by atoms with van der Waals surface area (Å²) in [5.74, 6) is -0.200. The van der Waals surface area contributed by atoms with Crippen molar-refractivity contribution in [1.82, 2.24) is 4.90 Å². The highest BCUT2D eigenvalue weighted by molar-refractivity contribution is 6.05. The number of amides is 1. The monoisotopic (exact) mass is 363 g/mol. The maximum atomic E-state index is 12.7. The van der Waals surface area contributed by atoms with Crippen LogP contribution in [0.1, 0.15) is 39.9 Å². The summed E-state index contributed by atoms with van der Waals surface area (Å²) in [7, 11) is 1.74. The summed E-state index contributed by atoms with van der Waals surface area (Å²) in [5, 5.41) is 12.2. The van der Waals surface area contributed by atoms with Crippen LogP contribution in [0, 0.1) is 18.3 Å². The van der Waals surface area contributed by atoms with E-state index in [1.165, 1.54) is 6.42 Å². The Labute approximate surface area is 160 Å². The second-order valence-electron chi connectivity index (χ2n) is 6.99. The Balaban J connectivity index is 1.73. The highest BCUT2D eigenvalue weighted by Crippen LogP contribution is 2.22. The van der Waals surface area contributed by atoms with Crippen LogP contribution in [0.25, 0.3) is 0 Å². The SMILES string of the molecule is COC[C@H]1CCCN1Cc1cccc(C(=O)Nc2cccc(C)c2C#N)c1. The van der Waals surface area contributed by atoms with Crippen molar-refractivity contribution in [1.29, 1.82) is 5.26 Å². The maximum absolute atomic E-state index is 12.7. The fourth-order valence-electron chi connectivity index (χ4n) is 3.64. The van der Waals surface area contributed by atoms with Gasteiger partial charge in [0.25, 0.3) is 5.91 Å². The third kappa shape index (κ3) is 4.54. The summed E-state index contributed by atoms with van der Waals surface area (Å²) < 4.78 is 5.32. The number of nitriles is 1. The lowest BCUT2D eigenvalue weighted by Gasteiger charge is -2.24. The third-order valence-electron chi connectivity index (χ3n) is 5.07. The van der Waals surface area contributed by atoms with E-state index in [1.54, 1.807) is 19.2 Å². The molecule has 140 valence electrons. The lowest BCUT2D eigenvalue weighted by molar-refractivity contribution is 0.102. The van der Waals surface area contributed by atoms with Crippen LogP contribution >= 0.6 is 0 Å². The van der Waals surface area contributed by atoms with Crippen LogP contribution in [-0.4, -0.2) is 37.1 Å². The van der Waals surface area contributed by atoms with Gasteiger partial charge in [0.05, 0.1) is 17.9 Å². The van der Waals surface area contributed by atoms with Crippen molar-refractivity contribution < 1.29 is 9.53 Å². The number of hydrogen-bond acceptors (Lipinski definition) is 4. The van der Waals surface area contributed by atoms with Crippen molar-refractivity contribution in [2.24, 2.45) is 0 Å². The largest absolute Gasteiger partial charge is 0.383 e. The van der Waals surface area contributed by atoms with Crippen molar-refractivity contribution in [3.05, 3.63) is 64.7 Å². The number of nitrogens with one attached hydrogen (secondary N) is 1. The van der Waals surface area contributed by atoms with Gasteiger partial charge in [0.15, 0.2) is 0 Å². The highest BCUT2D eigenvalue weighted by atomic mass is 16.5. The van der Waals surface area contributed by atoms with Gasteiger partial charge in [-0.2, -0.15) is 5.26 Å².